The summed E-state index contributed by atoms with van der Waals surface area (Å²) in [5.41, 5.74) is 0.482. The molecule has 0 aliphatic heterocycles. The lowest BCUT2D eigenvalue weighted by Crippen LogP contribution is -2.12. The van der Waals surface area contributed by atoms with Crippen LogP contribution in [-0.2, 0) is 7.05 Å². The number of nitrogens with one attached hydrogen (secondary N) is 1. The van der Waals surface area contributed by atoms with Gasteiger partial charge in [-0.1, -0.05) is 0 Å². The lowest BCUT2D eigenvalue weighted by molar-refractivity contribution is 0.102. The molecule has 0 aliphatic carbocycles. The minimum atomic E-state index is -0.245. The van der Waals surface area contributed by atoms with Crippen LogP contribution < -0.4 is 14.8 Å². The van der Waals surface area contributed by atoms with E-state index in [1.165, 1.54) is 7.11 Å². The van der Waals surface area contributed by atoms with Crippen LogP contribution in [0.1, 0.15) is 17.3 Å². The molecule has 0 atom stereocenters. The van der Waals surface area contributed by atoms with Crippen LogP contribution in [0.15, 0.2) is 30.5 Å². The average Bonchev–Trinajstić information content (AvgIpc) is 2.84. The zero-order valence-corrected chi connectivity index (χ0v) is 11.7. The topological polar surface area (TPSA) is 65.4 Å². The number of methoxy groups -OCH3 is 1. The van der Waals surface area contributed by atoms with Crippen LogP contribution in [0, 0.1) is 0 Å². The van der Waals surface area contributed by atoms with Crippen LogP contribution in [0.5, 0.6) is 11.5 Å². The number of hydrogen-bond donors (Lipinski definition) is 1. The van der Waals surface area contributed by atoms with Crippen LogP contribution in [0.4, 0.5) is 5.82 Å². The molecule has 1 aromatic carbocycles. The highest BCUT2D eigenvalue weighted by molar-refractivity contribution is 6.04. The van der Waals surface area contributed by atoms with E-state index >= 15 is 0 Å². The SMILES string of the molecule is CCOc1ccc(C(=O)Nc2ccn(C)n2)cc1OC. The van der Waals surface area contributed by atoms with Gasteiger partial charge in [-0.15, -0.1) is 0 Å². The average molecular weight is 275 g/mol. The molecule has 0 saturated heterocycles. The number of ether oxygens (including phenoxy) is 2. The Bertz CT molecular complexity index is 607. The second-order valence-electron chi connectivity index (χ2n) is 4.13. The first-order chi connectivity index (χ1) is 9.63. The molecule has 0 radical (unpaired) electrons. The molecule has 0 aliphatic rings. The molecule has 6 nitrogen and oxygen atoms in total. The van der Waals surface area contributed by atoms with Gasteiger partial charge in [-0.25, -0.2) is 0 Å². The fourth-order valence-electron chi connectivity index (χ4n) is 1.75. The Labute approximate surface area is 117 Å². The van der Waals surface area contributed by atoms with Crippen molar-refractivity contribution in [2.45, 2.75) is 6.92 Å². The highest BCUT2D eigenvalue weighted by Gasteiger charge is 2.12. The normalized spacial score (nSPS) is 10.2. The number of hydrogen-bond acceptors (Lipinski definition) is 4. The zero-order chi connectivity index (χ0) is 14.5. The molecule has 0 fully saturated rings. The molecule has 0 spiro atoms. The standard InChI is InChI=1S/C14H17N3O3/c1-4-20-11-6-5-10(9-12(11)19-3)14(18)15-13-7-8-17(2)16-13/h5-9H,4H2,1-3H3,(H,15,16,18). The number of nitrogens with zero attached hydrogens (tertiary/aromatic N) is 2. The Morgan fingerprint density at radius 2 is 2.15 bits per heavy atom. The van der Waals surface area contributed by atoms with E-state index in [1.807, 2.05) is 6.92 Å². The van der Waals surface area contributed by atoms with Crippen molar-refractivity contribution in [3.63, 3.8) is 0 Å². The van der Waals surface area contributed by atoms with E-state index < -0.39 is 0 Å². The predicted molar refractivity (Wildman–Crippen MR) is 75.3 cm³/mol. The Kier molecular flexibility index (Phi) is 4.24. The van der Waals surface area contributed by atoms with E-state index in [-0.39, 0.29) is 5.91 Å². The molecular weight excluding hydrogens is 258 g/mol. The Morgan fingerprint density at radius 1 is 1.35 bits per heavy atom. The van der Waals surface area contributed by atoms with Crippen molar-refractivity contribution < 1.29 is 14.3 Å². The van der Waals surface area contributed by atoms with Crippen LogP contribution in [-0.4, -0.2) is 29.4 Å². The first-order valence-electron chi connectivity index (χ1n) is 6.26. The summed E-state index contributed by atoms with van der Waals surface area (Å²) in [4.78, 5) is 12.1. The van der Waals surface area contributed by atoms with E-state index in [0.717, 1.165) is 0 Å². The second kappa shape index (κ2) is 6.10. The Hall–Kier alpha value is -2.50. The number of carbonyl (C=O) groups is 1. The third-order valence-corrected chi connectivity index (χ3v) is 2.68. The highest BCUT2D eigenvalue weighted by Crippen LogP contribution is 2.28. The number of anilines is 1. The van der Waals surface area contributed by atoms with Crippen molar-refractivity contribution in [3.8, 4) is 11.5 Å². The molecule has 1 aromatic heterocycles. The lowest BCUT2D eigenvalue weighted by Gasteiger charge is -2.10. The fraction of sp³-hybridized carbons (Fsp3) is 0.286. The molecule has 0 bridgehead atoms. The van der Waals surface area contributed by atoms with Crippen molar-refractivity contribution in [3.05, 3.63) is 36.0 Å². The summed E-state index contributed by atoms with van der Waals surface area (Å²) in [5.74, 6) is 1.40. The first-order valence-corrected chi connectivity index (χ1v) is 6.26. The molecule has 2 aromatic rings. The summed E-state index contributed by atoms with van der Waals surface area (Å²) in [6.07, 6.45) is 1.76. The summed E-state index contributed by atoms with van der Waals surface area (Å²) < 4.78 is 12.2. The van der Waals surface area contributed by atoms with E-state index in [0.29, 0.717) is 29.5 Å². The summed E-state index contributed by atoms with van der Waals surface area (Å²) >= 11 is 0. The molecule has 6 heteroatoms. The van der Waals surface area contributed by atoms with Crippen LogP contribution in [0.2, 0.25) is 0 Å². The maximum absolute atomic E-state index is 12.1. The van der Waals surface area contributed by atoms with Gasteiger partial charge in [0.2, 0.25) is 0 Å². The molecule has 1 heterocycles. The van der Waals surface area contributed by atoms with Crippen molar-refractivity contribution >= 4 is 11.7 Å². The molecule has 1 N–H and O–H groups in total. The molecular formula is C14H17N3O3. The Morgan fingerprint density at radius 3 is 2.75 bits per heavy atom. The molecule has 2 rings (SSSR count). The van der Waals surface area contributed by atoms with Crippen molar-refractivity contribution in [1.29, 1.82) is 0 Å². The van der Waals surface area contributed by atoms with Gasteiger partial charge in [0, 0.05) is 24.9 Å². The number of carbonyl (C=O) groups excluding carboxylic acids is 1. The third kappa shape index (κ3) is 3.09. The van der Waals surface area contributed by atoms with E-state index in [2.05, 4.69) is 10.4 Å². The van der Waals surface area contributed by atoms with E-state index in [4.69, 9.17) is 9.47 Å². The predicted octanol–water partition coefficient (Wildman–Crippen LogP) is 2.08. The smallest absolute Gasteiger partial charge is 0.257 e. The van der Waals surface area contributed by atoms with Crippen LogP contribution in [0.25, 0.3) is 0 Å². The van der Waals surface area contributed by atoms with Crippen LogP contribution in [0.3, 0.4) is 0 Å². The summed E-state index contributed by atoms with van der Waals surface area (Å²) in [5, 5.41) is 6.81. The molecule has 0 unspecified atom stereocenters. The summed E-state index contributed by atoms with van der Waals surface area (Å²) in [6, 6.07) is 6.77. The fourth-order valence-corrected chi connectivity index (χ4v) is 1.75. The number of aryl methyl sites for hydroxylation is 1. The van der Waals surface area contributed by atoms with Crippen LogP contribution >= 0.6 is 0 Å². The summed E-state index contributed by atoms with van der Waals surface area (Å²) in [6.45, 7) is 2.43. The maximum Gasteiger partial charge on any atom is 0.257 e. The largest absolute Gasteiger partial charge is 0.493 e. The summed E-state index contributed by atoms with van der Waals surface area (Å²) in [7, 11) is 3.33. The van der Waals surface area contributed by atoms with Gasteiger partial charge in [-0.3, -0.25) is 9.48 Å². The number of benzene rings is 1. The highest BCUT2D eigenvalue weighted by atomic mass is 16.5. The first kappa shape index (κ1) is 13.9. The van der Waals surface area contributed by atoms with Gasteiger partial charge in [-0.2, -0.15) is 5.10 Å². The van der Waals surface area contributed by atoms with Gasteiger partial charge in [0.1, 0.15) is 0 Å². The third-order valence-electron chi connectivity index (χ3n) is 2.68. The van der Waals surface area contributed by atoms with Gasteiger partial charge in [0.05, 0.1) is 13.7 Å². The van der Waals surface area contributed by atoms with Gasteiger partial charge < -0.3 is 14.8 Å². The van der Waals surface area contributed by atoms with Gasteiger partial charge >= 0.3 is 0 Å². The number of aromatic nitrogens is 2. The van der Waals surface area contributed by atoms with Gasteiger partial charge in [0.25, 0.3) is 5.91 Å². The van der Waals surface area contributed by atoms with E-state index in [9.17, 15) is 4.79 Å². The quantitative estimate of drug-likeness (QED) is 0.907. The minimum Gasteiger partial charge on any atom is -0.493 e. The molecule has 20 heavy (non-hydrogen) atoms. The molecule has 1 amide bonds. The number of amides is 1. The van der Waals surface area contributed by atoms with E-state index in [1.54, 1.807) is 42.2 Å². The van der Waals surface area contributed by atoms with Crippen molar-refractivity contribution in [1.82, 2.24) is 9.78 Å². The van der Waals surface area contributed by atoms with Crippen molar-refractivity contribution in [2.24, 2.45) is 7.05 Å². The molecule has 106 valence electrons. The monoisotopic (exact) mass is 275 g/mol. The van der Waals surface area contributed by atoms with Gasteiger partial charge in [-0.05, 0) is 25.1 Å². The molecule has 0 saturated carbocycles. The number of rotatable bonds is 5. The van der Waals surface area contributed by atoms with Gasteiger partial charge in [0.15, 0.2) is 17.3 Å². The maximum atomic E-state index is 12.1. The van der Waals surface area contributed by atoms with Crippen molar-refractivity contribution in [2.75, 3.05) is 19.0 Å². The zero-order valence-electron chi connectivity index (χ0n) is 11.7. The minimum absolute atomic E-state index is 0.245. The Balaban J connectivity index is 2.17. The lowest BCUT2D eigenvalue weighted by atomic mass is 10.2. The second-order valence-corrected chi connectivity index (χ2v) is 4.13.